The largest absolute Gasteiger partial charge is 0.342 e. The molecule has 1 aromatic carbocycles. The van der Waals surface area contributed by atoms with Crippen LogP contribution in [0.4, 0.5) is 0 Å². The average molecular weight is 266 g/mol. The lowest BCUT2D eigenvalue weighted by molar-refractivity contribution is -0.131. The first-order valence-electron chi connectivity index (χ1n) is 6.59. The van der Waals surface area contributed by atoms with Crippen molar-refractivity contribution in [3.8, 4) is 0 Å². The standard InChI is InChI=1S/C15H20ClNO/c1-12-4-2-3-5-14(12)10-15(18)17-8-6-13(11-16)7-9-17/h2-5,13H,6-11H2,1H3. The second-order valence-electron chi connectivity index (χ2n) is 5.08. The van der Waals surface area contributed by atoms with Gasteiger partial charge < -0.3 is 4.90 Å². The Balaban J connectivity index is 1.91. The number of piperidine rings is 1. The summed E-state index contributed by atoms with van der Waals surface area (Å²) in [5.41, 5.74) is 2.34. The van der Waals surface area contributed by atoms with Gasteiger partial charge in [-0.3, -0.25) is 4.79 Å². The highest BCUT2D eigenvalue weighted by molar-refractivity contribution is 6.18. The first-order chi connectivity index (χ1) is 8.70. The van der Waals surface area contributed by atoms with Crippen molar-refractivity contribution in [3.63, 3.8) is 0 Å². The van der Waals surface area contributed by atoms with E-state index in [0.29, 0.717) is 12.3 Å². The van der Waals surface area contributed by atoms with Gasteiger partial charge in [-0.15, -0.1) is 11.6 Å². The second-order valence-corrected chi connectivity index (χ2v) is 5.39. The molecular weight excluding hydrogens is 246 g/mol. The zero-order valence-corrected chi connectivity index (χ0v) is 11.6. The van der Waals surface area contributed by atoms with Crippen molar-refractivity contribution < 1.29 is 4.79 Å². The van der Waals surface area contributed by atoms with E-state index >= 15 is 0 Å². The van der Waals surface area contributed by atoms with Gasteiger partial charge in [0.25, 0.3) is 0 Å². The number of hydrogen-bond donors (Lipinski definition) is 0. The molecule has 98 valence electrons. The lowest BCUT2D eigenvalue weighted by Gasteiger charge is -2.31. The summed E-state index contributed by atoms with van der Waals surface area (Å²) in [5.74, 6) is 1.56. The predicted octanol–water partition coefficient (Wildman–Crippen LogP) is 3.01. The summed E-state index contributed by atoms with van der Waals surface area (Å²) in [6.45, 7) is 3.78. The molecule has 0 N–H and O–H groups in total. The first-order valence-corrected chi connectivity index (χ1v) is 7.12. The summed E-state index contributed by atoms with van der Waals surface area (Å²) in [6, 6.07) is 8.10. The number of nitrogens with zero attached hydrogens (tertiary/aromatic N) is 1. The molecule has 0 atom stereocenters. The second kappa shape index (κ2) is 6.24. The topological polar surface area (TPSA) is 20.3 Å². The van der Waals surface area contributed by atoms with Crippen molar-refractivity contribution in [2.75, 3.05) is 19.0 Å². The number of likely N-dealkylation sites (tertiary alicyclic amines) is 1. The van der Waals surface area contributed by atoms with Crippen molar-refractivity contribution in [1.29, 1.82) is 0 Å². The van der Waals surface area contributed by atoms with Crippen LogP contribution >= 0.6 is 11.6 Å². The van der Waals surface area contributed by atoms with E-state index in [1.165, 1.54) is 5.56 Å². The highest BCUT2D eigenvalue weighted by atomic mass is 35.5. The summed E-state index contributed by atoms with van der Waals surface area (Å²) in [7, 11) is 0. The molecule has 0 aromatic heterocycles. The van der Waals surface area contributed by atoms with Crippen molar-refractivity contribution in [1.82, 2.24) is 4.90 Å². The minimum absolute atomic E-state index is 0.248. The smallest absolute Gasteiger partial charge is 0.226 e. The van der Waals surface area contributed by atoms with Crippen LogP contribution in [-0.2, 0) is 11.2 Å². The van der Waals surface area contributed by atoms with E-state index in [2.05, 4.69) is 13.0 Å². The molecule has 0 saturated carbocycles. The normalized spacial score (nSPS) is 16.9. The minimum Gasteiger partial charge on any atom is -0.342 e. The van der Waals surface area contributed by atoms with Crippen LogP contribution in [0.3, 0.4) is 0 Å². The Morgan fingerprint density at radius 1 is 1.33 bits per heavy atom. The molecule has 2 rings (SSSR count). The van der Waals surface area contributed by atoms with E-state index < -0.39 is 0 Å². The Kier molecular flexibility index (Phi) is 4.65. The molecule has 2 nitrogen and oxygen atoms in total. The quantitative estimate of drug-likeness (QED) is 0.770. The summed E-state index contributed by atoms with van der Waals surface area (Å²) in [6.07, 6.45) is 2.62. The van der Waals surface area contributed by atoms with E-state index in [0.717, 1.165) is 37.4 Å². The third-order valence-electron chi connectivity index (χ3n) is 3.79. The van der Waals surface area contributed by atoms with Crippen LogP contribution in [0.1, 0.15) is 24.0 Å². The molecule has 1 aliphatic heterocycles. The maximum atomic E-state index is 12.2. The molecule has 0 bridgehead atoms. The van der Waals surface area contributed by atoms with E-state index in [1.54, 1.807) is 0 Å². The van der Waals surface area contributed by atoms with Crippen LogP contribution in [0.5, 0.6) is 0 Å². The van der Waals surface area contributed by atoms with Crippen LogP contribution in [0.15, 0.2) is 24.3 Å². The molecule has 1 amide bonds. The third kappa shape index (κ3) is 3.26. The molecule has 1 heterocycles. The van der Waals surface area contributed by atoms with Crippen LogP contribution in [0.25, 0.3) is 0 Å². The van der Waals surface area contributed by atoms with Crippen molar-refractivity contribution >= 4 is 17.5 Å². The van der Waals surface area contributed by atoms with Crippen LogP contribution in [0, 0.1) is 12.8 Å². The van der Waals surface area contributed by atoms with E-state index in [4.69, 9.17) is 11.6 Å². The van der Waals surface area contributed by atoms with Gasteiger partial charge in [0.05, 0.1) is 6.42 Å². The number of aryl methyl sites for hydroxylation is 1. The number of halogens is 1. The molecule has 3 heteroatoms. The number of alkyl halides is 1. The van der Waals surface area contributed by atoms with Gasteiger partial charge in [-0.2, -0.15) is 0 Å². The lowest BCUT2D eigenvalue weighted by atomic mass is 9.98. The fourth-order valence-corrected chi connectivity index (χ4v) is 2.73. The summed E-state index contributed by atoms with van der Waals surface area (Å²) in [4.78, 5) is 14.2. The fraction of sp³-hybridized carbons (Fsp3) is 0.533. The zero-order valence-electron chi connectivity index (χ0n) is 10.9. The molecule has 1 aromatic rings. The molecule has 1 fully saturated rings. The molecule has 0 aliphatic carbocycles. The van der Waals surface area contributed by atoms with E-state index in [1.807, 2.05) is 23.1 Å². The van der Waals surface area contributed by atoms with Gasteiger partial charge in [-0.25, -0.2) is 0 Å². The molecule has 1 aliphatic rings. The predicted molar refractivity (Wildman–Crippen MR) is 74.9 cm³/mol. The maximum absolute atomic E-state index is 12.2. The maximum Gasteiger partial charge on any atom is 0.226 e. The molecule has 1 saturated heterocycles. The Bertz CT molecular complexity index is 411. The van der Waals surface area contributed by atoms with E-state index in [9.17, 15) is 4.79 Å². The number of rotatable bonds is 3. The number of amides is 1. The van der Waals surface area contributed by atoms with Crippen LogP contribution in [-0.4, -0.2) is 29.8 Å². The molecule has 18 heavy (non-hydrogen) atoms. The van der Waals surface area contributed by atoms with Crippen molar-refractivity contribution in [2.45, 2.75) is 26.2 Å². The summed E-state index contributed by atoms with van der Waals surface area (Å²) in [5, 5.41) is 0. The van der Waals surface area contributed by atoms with Crippen molar-refractivity contribution in [3.05, 3.63) is 35.4 Å². The van der Waals surface area contributed by atoms with Gasteiger partial charge >= 0.3 is 0 Å². The van der Waals surface area contributed by atoms with Crippen LogP contribution < -0.4 is 0 Å². The van der Waals surface area contributed by atoms with Gasteiger partial charge in [0.2, 0.25) is 5.91 Å². The lowest BCUT2D eigenvalue weighted by Crippen LogP contribution is -2.39. The molecular formula is C15H20ClNO. The van der Waals surface area contributed by atoms with E-state index in [-0.39, 0.29) is 5.91 Å². The van der Waals surface area contributed by atoms with Gasteiger partial charge in [-0.1, -0.05) is 24.3 Å². The monoisotopic (exact) mass is 265 g/mol. The molecule has 0 spiro atoms. The average Bonchev–Trinajstić information content (AvgIpc) is 2.41. The summed E-state index contributed by atoms with van der Waals surface area (Å²) < 4.78 is 0. The Morgan fingerprint density at radius 3 is 2.61 bits per heavy atom. The van der Waals surface area contributed by atoms with Gasteiger partial charge in [0.15, 0.2) is 0 Å². The highest BCUT2D eigenvalue weighted by Gasteiger charge is 2.22. The van der Waals surface area contributed by atoms with Gasteiger partial charge in [0.1, 0.15) is 0 Å². The number of hydrogen-bond acceptors (Lipinski definition) is 1. The number of carbonyl (C=O) groups is 1. The molecule has 0 radical (unpaired) electrons. The number of benzene rings is 1. The summed E-state index contributed by atoms with van der Waals surface area (Å²) >= 11 is 5.85. The fourth-order valence-electron chi connectivity index (χ4n) is 2.42. The SMILES string of the molecule is Cc1ccccc1CC(=O)N1CCC(CCl)CC1. The van der Waals surface area contributed by atoms with Crippen LogP contribution in [0.2, 0.25) is 0 Å². The molecule has 0 unspecified atom stereocenters. The van der Waals surface area contributed by atoms with Crippen molar-refractivity contribution in [2.24, 2.45) is 5.92 Å². The minimum atomic E-state index is 0.248. The van der Waals surface area contributed by atoms with Gasteiger partial charge in [-0.05, 0) is 36.8 Å². The zero-order chi connectivity index (χ0) is 13.0. The Morgan fingerprint density at radius 2 is 2.00 bits per heavy atom. The third-order valence-corrected chi connectivity index (χ3v) is 4.22. The number of carbonyl (C=O) groups excluding carboxylic acids is 1. The van der Waals surface area contributed by atoms with Gasteiger partial charge in [0, 0.05) is 19.0 Å². The highest BCUT2D eigenvalue weighted by Crippen LogP contribution is 2.19. The first kappa shape index (κ1) is 13.4. The Hall–Kier alpha value is -1.02. The Labute approximate surface area is 114 Å².